The Morgan fingerprint density at radius 3 is 2.23 bits per heavy atom. The number of H-pyrrole nitrogens is 1. The number of aromatic amines is 1. The first kappa shape index (κ1) is 18.8. The Labute approximate surface area is 158 Å². The number of anilines is 1. The highest BCUT2D eigenvalue weighted by Crippen LogP contribution is 2.34. The van der Waals surface area contributed by atoms with E-state index in [0.29, 0.717) is 28.7 Å². The number of benzene rings is 1. The number of pyridine rings is 1. The molecule has 0 radical (unpaired) electrons. The van der Waals surface area contributed by atoms with Crippen LogP contribution in [0, 0.1) is 0 Å². The predicted octanol–water partition coefficient (Wildman–Crippen LogP) is 3.79. The van der Waals surface area contributed by atoms with Crippen molar-refractivity contribution in [2.45, 2.75) is 6.18 Å². The van der Waals surface area contributed by atoms with E-state index in [1.165, 1.54) is 30.5 Å². The monoisotopic (exact) mass is 404 g/mol. The second-order valence-electron chi connectivity index (χ2n) is 5.87. The molecule has 0 aliphatic carbocycles. The fourth-order valence-electron chi connectivity index (χ4n) is 2.91. The number of hydrogen-bond acceptors (Lipinski definition) is 2. The number of nitrogens with one attached hydrogen (secondary N) is 1. The molecule has 1 aliphatic rings. The molecule has 0 saturated carbocycles. The minimum absolute atomic E-state index is 0.0119. The number of hydrogen-bond donors (Lipinski definition) is 0. The molecule has 9 heteroatoms. The van der Waals surface area contributed by atoms with Crippen LogP contribution in [-0.4, -0.2) is 37.0 Å². The van der Waals surface area contributed by atoms with Gasteiger partial charge in [-0.1, -0.05) is 23.2 Å². The van der Waals surface area contributed by atoms with Gasteiger partial charge in [-0.2, -0.15) is 13.2 Å². The van der Waals surface area contributed by atoms with Crippen molar-refractivity contribution in [3.63, 3.8) is 0 Å². The first-order chi connectivity index (χ1) is 12.3. The number of carbonyl (C=O) groups is 1. The highest BCUT2D eigenvalue weighted by Gasteiger charge is 2.40. The normalized spacial score (nSPS) is 15.3. The van der Waals surface area contributed by atoms with Gasteiger partial charge in [0.25, 0.3) is 11.7 Å². The van der Waals surface area contributed by atoms with Crippen molar-refractivity contribution in [1.82, 2.24) is 4.90 Å². The maximum Gasteiger partial charge on any atom is 0.424 e. The average Bonchev–Trinajstić information content (AvgIpc) is 2.60. The minimum Gasteiger partial charge on any atom is -0.331 e. The van der Waals surface area contributed by atoms with Crippen molar-refractivity contribution in [2.24, 2.45) is 0 Å². The van der Waals surface area contributed by atoms with Gasteiger partial charge in [-0.15, -0.1) is 0 Å². The van der Waals surface area contributed by atoms with Gasteiger partial charge >= 0.3 is 6.18 Å². The molecule has 1 saturated heterocycles. The van der Waals surface area contributed by atoms with Crippen molar-refractivity contribution in [3.05, 3.63) is 57.7 Å². The van der Waals surface area contributed by atoms with Crippen LogP contribution < -0.4 is 9.88 Å². The van der Waals surface area contributed by atoms with E-state index in [1.54, 1.807) is 9.80 Å². The number of nitrogens with zero attached hydrogens (tertiary/aromatic N) is 2. The molecular weight excluding hydrogens is 390 g/mol. The molecular formula is C17H15Cl2F3N3O+. The molecule has 0 spiro atoms. The summed E-state index contributed by atoms with van der Waals surface area (Å²) in [6.45, 7) is 1.15. The fourth-order valence-corrected chi connectivity index (χ4v) is 3.44. The van der Waals surface area contributed by atoms with Gasteiger partial charge in [0.05, 0.1) is 19.3 Å². The maximum absolute atomic E-state index is 13.2. The summed E-state index contributed by atoms with van der Waals surface area (Å²) in [5.74, 6) is -0.236. The molecule has 0 atom stereocenters. The smallest absolute Gasteiger partial charge is 0.331 e. The number of aromatic nitrogens is 1. The number of amides is 1. The SMILES string of the molecule is O=C(c1cc(Cl)cc(Cl)c1)N1CCN(c2[nH+]cccc2C(F)(F)F)CC1. The van der Waals surface area contributed by atoms with E-state index in [2.05, 4.69) is 4.98 Å². The lowest BCUT2D eigenvalue weighted by Gasteiger charge is -2.31. The van der Waals surface area contributed by atoms with Crippen LogP contribution in [0.2, 0.25) is 10.0 Å². The predicted molar refractivity (Wildman–Crippen MR) is 92.6 cm³/mol. The molecule has 0 bridgehead atoms. The number of piperazine rings is 1. The molecule has 1 N–H and O–H groups in total. The van der Waals surface area contributed by atoms with Gasteiger partial charge in [0.15, 0.2) is 0 Å². The quantitative estimate of drug-likeness (QED) is 0.763. The average molecular weight is 405 g/mol. The van der Waals surface area contributed by atoms with Gasteiger partial charge in [0, 0.05) is 15.6 Å². The summed E-state index contributed by atoms with van der Waals surface area (Å²) in [6.07, 6.45) is -2.99. The van der Waals surface area contributed by atoms with Crippen LogP contribution in [0.4, 0.5) is 19.0 Å². The third kappa shape index (κ3) is 4.04. The van der Waals surface area contributed by atoms with E-state index in [-0.39, 0.29) is 24.8 Å². The maximum atomic E-state index is 13.2. The van der Waals surface area contributed by atoms with E-state index in [0.717, 1.165) is 6.07 Å². The van der Waals surface area contributed by atoms with E-state index in [1.807, 2.05) is 0 Å². The zero-order chi connectivity index (χ0) is 18.9. The molecule has 1 aromatic carbocycles. The molecule has 26 heavy (non-hydrogen) atoms. The zero-order valence-electron chi connectivity index (χ0n) is 13.5. The van der Waals surface area contributed by atoms with Crippen LogP contribution in [0.25, 0.3) is 0 Å². The lowest BCUT2D eigenvalue weighted by molar-refractivity contribution is -0.367. The summed E-state index contributed by atoms with van der Waals surface area (Å²) in [7, 11) is 0. The molecule has 138 valence electrons. The third-order valence-electron chi connectivity index (χ3n) is 4.13. The van der Waals surface area contributed by atoms with Crippen molar-refractivity contribution >= 4 is 34.9 Å². The number of rotatable bonds is 2. The lowest BCUT2D eigenvalue weighted by atomic mass is 10.1. The van der Waals surface area contributed by atoms with Crippen LogP contribution in [0.3, 0.4) is 0 Å². The second-order valence-corrected chi connectivity index (χ2v) is 6.74. The highest BCUT2D eigenvalue weighted by molar-refractivity contribution is 6.35. The van der Waals surface area contributed by atoms with Crippen LogP contribution in [0.15, 0.2) is 36.5 Å². The minimum atomic E-state index is -4.45. The number of alkyl halides is 3. The van der Waals surface area contributed by atoms with Gasteiger partial charge in [-0.25, -0.2) is 4.98 Å². The van der Waals surface area contributed by atoms with Crippen molar-refractivity contribution in [2.75, 3.05) is 31.1 Å². The first-order valence-electron chi connectivity index (χ1n) is 7.84. The molecule has 0 unspecified atom stereocenters. The number of carbonyl (C=O) groups excluding carboxylic acids is 1. The van der Waals surface area contributed by atoms with E-state index in [9.17, 15) is 18.0 Å². The Bertz CT molecular complexity index is 801. The Balaban J connectivity index is 1.73. The standard InChI is InChI=1S/C17H14Cl2F3N3O/c18-12-8-11(9-13(19)10-12)16(26)25-6-4-24(5-7-25)15-14(17(20,21)22)2-1-3-23-15/h1-3,8-10H,4-7H2/p+1. The zero-order valence-corrected chi connectivity index (χ0v) is 15.0. The summed E-state index contributed by atoms with van der Waals surface area (Å²) < 4.78 is 39.5. The molecule has 1 fully saturated rings. The summed E-state index contributed by atoms with van der Waals surface area (Å²) in [6, 6.07) is 6.93. The van der Waals surface area contributed by atoms with Gasteiger partial charge in [-0.05, 0) is 30.3 Å². The van der Waals surface area contributed by atoms with Crippen molar-refractivity contribution in [1.29, 1.82) is 0 Å². The molecule has 3 rings (SSSR count). The first-order valence-corrected chi connectivity index (χ1v) is 8.59. The largest absolute Gasteiger partial charge is 0.424 e. The molecule has 1 aromatic heterocycles. The summed E-state index contributed by atoms with van der Waals surface area (Å²) in [4.78, 5) is 18.4. The molecule has 1 aliphatic heterocycles. The molecule has 1 amide bonds. The summed E-state index contributed by atoms with van der Waals surface area (Å²) >= 11 is 11.8. The van der Waals surface area contributed by atoms with E-state index < -0.39 is 11.7 Å². The Hall–Kier alpha value is -1.99. The van der Waals surface area contributed by atoms with Crippen LogP contribution in [0.1, 0.15) is 15.9 Å². The fraction of sp³-hybridized carbons (Fsp3) is 0.294. The van der Waals surface area contributed by atoms with Gasteiger partial charge in [-0.3, -0.25) is 9.69 Å². The molecule has 2 heterocycles. The summed E-state index contributed by atoms with van der Waals surface area (Å²) in [5.41, 5.74) is -0.361. The topological polar surface area (TPSA) is 37.7 Å². The Kier molecular flexibility index (Phi) is 5.29. The van der Waals surface area contributed by atoms with Crippen molar-refractivity contribution in [3.8, 4) is 0 Å². The van der Waals surface area contributed by atoms with Crippen LogP contribution in [0.5, 0.6) is 0 Å². The lowest BCUT2D eigenvalue weighted by Crippen LogP contribution is -2.50. The van der Waals surface area contributed by atoms with E-state index in [4.69, 9.17) is 23.2 Å². The second kappa shape index (κ2) is 7.32. The van der Waals surface area contributed by atoms with Gasteiger partial charge in [0.1, 0.15) is 18.7 Å². The van der Waals surface area contributed by atoms with Gasteiger partial charge < -0.3 is 4.90 Å². The third-order valence-corrected chi connectivity index (χ3v) is 4.57. The highest BCUT2D eigenvalue weighted by atomic mass is 35.5. The van der Waals surface area contributed by atoms with E-state index >= 15 is 0 Å². The van der Waals surface area contributed by atoms with Crippen LogP contribution in [-0.2, 0) is 6.18 Å². The van der Waals surface area contributed by atoms with Gasteiger partial charge in [0.2, 0.25) is 0 Å². The number of halogens is 5. The summed E-state index contributed by atoms with van der Waals surface area (Å²) in [5, 5.41) is 0.710. The van der Waals surface area contributed by atoms with Crippen molar-refractivity contribution < 1.29 is 22.9 Å². The Morgan fingerprint density at radius 2 is 1.65 bits per heavy atom. The molecule has 4 nitrogen and oxygen atoms in total. The molecule has 2 aromatic rings. The van der Waals surface area contributed by atoms with Crippen LogP contribution >= 0.6 is 23.2 Å². The Morgan fingerprint density at radius 1 is 1.04 bits per heavy atom.